The molecule has 0 aromatic carbocycles. The van der Waals surface area contributed by atoms with Crippen LogP contribution >= 0.6 is 15.9 Å². The molecule has 18 heavy (non-hydrogen) atoms. The van der Waals surface area contributed by atoms with Gasteiger partial charge in [0.05, 0.1) is 12.2 Å². The highest BCUT2D eigenvalue weighted by atomic mass is 79.9. The minimum atomic E-state index is 0.645. The van der Waals surface area contributed by atoms with Crippen LogP contribution in [0.3, 0.4) is 0 Å². The quantitative estimate of drug-likeness (QED) is 0.656. The number of hydrogen-bond acceptors (Lipinski definition) is 2. The van der Waals surface area contributed by atoms with E-state index in [0.717, 1.165) is 27.3 Å². The van der Waals surface area contributed by atoms with Gasteiger partial charge in [0.15, 0.2) is 5.96 Å². The van der Waals surface area contributed by atoms with Gasteiger partial charge in [0.2, 0.25) is 0 Å². The van der Waals surface area contributed by atoms with E-state index in [9.17, 15) is 0 Å². The minimum Gasteiger partial charge on any atom is -0.359 e. The number of rotatable bonds is 2. The lowest BCUT2D eigenvalue weighted by Gasteiger charge is -2.05. The molecule has 0 aliphatic heterocycles. The van der Waals surface area contributed by atoms with E-state index in [1.807, 2.05) is 23.8 Å². The van der Waals surface area contributed by atoms with Gasteiger partial charge >= 0.3 is 0 Å². The molecule has 2 rings (SSSR count). The van der Waals surface area contributed by atoms with E-state index < -0.39 is 0 Å². The van der Waals surface area contributed by atoms with Crippen molar-refractivity contribution in [1.82, 2.24) is 20.0 Å². The second-order valence-electron chi connectivity index (χ2n) is 3.98. The zero-order valence-electron chi connectivity index (χ0n) is 10.7. The maximum atomic E-state index is 4.59. The fourth-order valence-corrected chi connectivity index (χ4v) is 2.38. The molecule has 2 heterocycles. The second-order valence-corrected chi connectivity index (χ2v) is 4.90. The molecule has 5 nitrogen and oxygen atoms in total. The highest BCUT2D eigenvalue weighted by Gasteiger charge is 2.05. The van der Waals surface area contributed by atoms with Crippen molar-refractivity contribution in [1.29, 1.82) is 0 Å². The first-order chi connectivity index (χ1) is 8.63. The molecule has 2 aromatic rings. The molecule has 0 fully saturated rings. The summed E-state index contributed by atoms with van der Waals surface area (Å²) in [4.78, 5) is 8.65. The molecule has 0 amide bonds. The number of guanidine groups is 1. The maximum absolute atomic E-state index is 4.59. The van der Waals surface area contributed by atoms with Gasteiger partial charge in [-0.2, -0.15) is 0 Å². The lowest BCUT2D eigenvalue weighted by molar-refractivity contribution is 0.845. The van der Waals surface area contributed by atoms with Gasteiger partial charge in [0.25, 0.3) is 0 Å². The fraction of sp³-hybridized carbons (Fsp3) is 0.333. The summed E-state index contributed by atoms with van der Waals surface area (Å²) >= 11 is 3.48. The Hall–Kier alpha value is -1.56. The van der Waals surface area contributed by atoms with Crippen molar-refractivity contribution < 1.29 is 0 Å². The molecule has 6 heteroatoms. The molecule has 0 saturated heterocycles. The molecule has 0 saturated carbocycles. The number of nitrogens with zero attached hydrogens (tertiary/aromatic N) is 3. The number of nitrogens with one attached hydrogen (secondary N) is 2. The summed E-state index contributed by atoms with van der Waals surface area (Å²) in [6.07, 6.45) is 4.02. The molecule has 96 valence electrons. The Labute approximate surface area is 114 Å². The third kappa shape index (κ3) is 2.64. The smallest absolute Gasteiger partial charge is 0.191 e. The topological polar surface area (TPSA) is 53.7 Å². The first-order valence-corrected chi connectivity index (χ1v) is 6.45. The second kappa shape index (κ2) is 5.39. The van der Waals surface area contributed by atoms with Crippen molar-refractivity contribution in [2.45, 2.75) is 13.5 Å². The predicted molar refractivity (Wildman–Crippen MR) is 76.9 cm³/mol. The monoisotopic (exact) mass is 309 g/mol. The van der Waals surface area contributed by atoms with Crippen molar-refractivity contribution in [2.75, 3.05) is 14.1 Å². The van der Waals surface area contributed by atoms with Crippen molar-refractivity contribution in [3.8, 4) is 0 Å². The van der Waals surface area contributed by atoms with Crippen LogP contribution in [0.15, 0.2) is 27.9 Å². The highest BCUT2D eigenvalue weighted by molar-refractivity contribution is 9.10. The average Bonchev–Trinajstić information content (AvgIpc) is 2.73. The van der Waals surface area contributed by atoms with Crippen LogP contribution in [0, 0.1) is 6.92 Å². The highest BCUT2D eigenvalue weighted by Crippen LogP contribution is 2.17. The summed E-state index contributed by atoms with van der Waals surface area (Å²) in [5.41, 5.74) is 3.11. The summed E-state index contributed by atoms with van der Waals surface area (Å²) in [5, 5.41) is 6.15. The number of halogens is 1. The summed E-state index contributed by atoms with van der Waals surface area (Å²) in [6.45, 7) is 2.70. The van der Waals surface area contributed by atoms with Crippen LogP contribution in [-0.2, 0) is 6.54 Å². The third-order valence-electron chi connectivity index (χ3n) is 2.65. The van der Waals surface area contributed by atoms with Crippen LogP contribution in [0.4, 0.5) is 0 Å². The Kier molecular flexibility index (Phi) is 3.86. The molecule has 2 N–H and O–H groups in total. The van der Waals surface area contributed by atoms with Crippen molar-refractivity contribution in [2.24, 2.45) is 4.99 Å². The van der Waals surface area contributed by atoms with Gasteiger partial charge in [-0.1, -0.05) is 0 Å². The van der Waals surface area contributed by atoms with Gasteiger partial charge in [0, 0.05) is 31.0 Å². The van der Waals surface area contributed by atoms with Crippen LogP contribution in [0.2, 0.25) is 0 Å². The van der Waals surface area contributed by atoms with E-state index in [-0.39, 0.29) is 0 Å². The maximum Gasteiger partial charge on any atom is 0.191 e. The normalized spacial score (nSPS) is 11.9. The van der Waals surface area contributed by atoms with E-state index >= 15 is 0 Å². The van der Waals surface area contributed by atoms with Crippen molar-refractivity contribution >= 4 is 27.5 Å². The van der Waals surface area contributed by atoms with Crippen LogP contribution in [0.5, 0.6) is 0 Å². The molecule has 0 bridgehead atoms. The number of fused-ring (bicyclic) bond motifs is 1. The lowest BCUT2D eigenvalue weighted by atomic mass is 10.3. The molecule has 0 radical (unpaired) electrons. The summed E-state index contributed by atoms with van der Waals surface area (Å²) in [7, 11) is 3.57. The number of imidazole rings is 1. The van der Waals surface area contributed by atoms with Gasteiger partial charge in [0.1, 0.15) is 5.65 Å². The van der Waals surface area contributed by atoms with E-state index in [4.69, 9.17) is 0 Å². The molecule has 2 aromatic heterocycles. The molecular formula is C12H16BrN5. The Morgan fingerprint density at radius 3 is 2.94 bits per heavy atom. The fourth-order valence-electron chi connectivity index (χ4n) is 1.81. The largest absolute Gasteiger partial charge is 0.359 e. The van der Waals surface area contributed by atoms with Crippen LogP contribution in [0.25, 0.3) is 5.65 Å². The van der Waals surface area contributed by atoms with Crippen LogP contribution in [-0.4, -0.2) is 29.4 Å². The summed E-state index contributed by atoms with van der Waals surface area (Å²) in [6, 6.07) is 2.06. The zero-order chi connectivity index (χ0) is 13.1. The van der Waals surface area contributed by atoms with E-state index in [0.29, 0.717) is 6.54 Å². The Bertz CT molecular complexity index is 587. The third-order valence-corrected chi connectivity index (χ3v) is 3.08. The number of hydrogen-bond donors (Lipinski definition) is 2. The standard InChI is InChI=1S/C12H16BrN5/c1-8-4-9(13)6-18-7-10(17-11(8)18)5-16-12(14-2)15-3/h4,6-7H,5H2,1-3H3,(H2,14,15,16). The first kappa shape index (κ1) is 12.9. The van der Waals surface area contributed by atoms with Gasteiger partial charge in [-0.3, -0.25) is 4.99 Å². The lowest BCUT2D eigenvalue weighted by Crippen LogP contribution is -2.34. The van der Waals surface area contributed by atoms with Crippen molar-refractivity contribution in [3.63, 3.8) is 0 Å². The molecule has 0 unspecified atom stereocenters. The SMILES string of the molecule is CN=C(NC)NCc1cn2cc(Br)cc(C)c2n1. The van der Waals surface area contributed by atoms with Crippen molar-refractivity contribution in [3.05, 3.63) is 34.2 Å². The first-order valence-electron chi connectivity index (χ1n) is 5.66. The number of aryl methyl sites for hydroxylation is 1. The Balaban J connectivity index is 2.23. The molecule has 0 atom stereocenters. The molecule has 0 aliphatic rings. The molecule has 0 aliphatic carbocycles. The predicted octanol–water partition coefficient (Wildman–Crippen LogP) is 1.70. The number of aliphatic imine (C=N–C) groups is 1. The number of pyridine rings is 1. The van der Waals surface area contributed by atoms with Gasteiger partial charge in [-0.25, -0.2) is 4.98 Å². The van der Waals surface area contributed by atoms with Gasteiger partial charge in [-0.15, -0.1) is 0 Å². The average molecular weight is 310 g/mol. The zero-order valence-corrected chi connectivity index (χ0v) is 12.2. The van der Waals surface area contributed by atoms with E-state index in [2.05, 4.69) is 49.5 Å². The molecule has 0 spiro atoms. The van der Waals surface area contributed by atoms with E-state index in [1.165, 1.54) is 0 Å². The van der Waals surface area contributed by atoms with E-state index in [1.54, 1.807) is 7.05 Å². The Morgan fingerprint density at radius 2 is 2.28 bits per heavy atom. The number of aromatic nitrogens is 2. The van der Waals surface area contributed by atoms with Gasteiger partial charge in [-0.05, 0) is 34.5 Å². The van der Waals surface area contributed by atoms with Gasteiger partial charge < -0.3 is 15.0 Å². The van der Waals surface area contributed by atoms with Crippen LogP contribution in [0.1, 0.15) is 11.3 Å². The summed E-state index contributed by atoms with van der Waals surface area (Å²) in [5.74, 6) is 0.755. The summed E-state index contributed by atoms with van der Waals surface area (Å²) < 4.78 is 3.08. The van der Waals surface area contributed by atoms with Crippen LogP contribution < -0.4 is 10.6 Å². The molecular weight excluding hydrogens is 294 g/mol. The Morgan fingerprint density at radius 1 is 1.50 bits per heavy atom. The minimum absolute atomic E-state index is 0.645.